The van der Waals surface area contributed by atoms with Crippen LogP contribution in [0, 0.1) is 0 Å². The van der Waals surface area contributed by atoms with Crippen LogP contribution < -0.4 is 14.8 Å². The van der Waals surface area contributed by atoms with Crippen molar-refractivity contribution < 1.29 is 23.9 Å². The van der Waals surface area contributed by atoms with Crippen molar-refractivity contribution in [2.75, 3.05) is 38.3 Å². The molecule has 0 radical (unpaired) electrons. The highest BCUT2D eigenvalue weighted by atomic mass is 16.7. The molecule has 0 saturated carbocycles. The maximum absolute atomic E-state index is 12.7. The average molecular weight is 382 g/mol. The number of ether oxygens (including phenoxy) is 2. The Morgan fingerprint density at radius 3 is 2.61 bits per heavy atom. The van der Waals surface area contributed by atoms with Gasteiger partial charge in [0.05, 0.1) is 0 Å². The predicted octanol–water partition coefficient (Wildman–Crippen LogP) is 0.977. The number of fused-ring (bicyclic) bond motifs is 1. The molecular weight excluding hydrogens is 364 g/mol. The molecule has 9 nitrogen and oxygen atoms in total. The smallest absolute Gasteiger partial charge is 0.274 e. The van der Waals surface area contributed by atoms with Crippen molar-refractivity contribution in [2.45, 2.75) is 0 Å². The summed E-state index contributed by atoms with van der Waals surface area (Å²) in [4.78, 5) is 43.4. The van der Waals surface area contributed by atoms with Crippen LogP contribution in [0.2, 0.25) is 0 Å². The normalized spacial score (nSPS) is 15.3. The SMILES string of the molecule is O=CN1CCN(C(=O)c2ccnc(C(=O)Nc3ccc4c(c3)OCO4)c2)CC1. The number of piperazine rings is 1. The molecule has 2 aliphatic heterocycles. The number of rotatable bonds is 4. The molecule has 144 valence electrons. The first-order valence-electron chi connectivity index (χ1n) is 8.80. The summed E-state index contributed by atoms with van der Waals surface area (Å²) >= 11 is 0. The second kappa shape index (κ2) is 7.55. The molecule has 9 heteroatoms. The Labute approximate surface area is 160 Å². The van der Waals surface area contributed by atoms with Gasteiger partial charge in [-0.2, -0.15) is 0 Å². The summed E-state index contributed by atoms with van der Waals surface area (Å²) in [6.07, 6.45) is 2.22. The Hall–Kier alpha value is -3.62. The van der Waals surface area contributed by atoms with Gasteiger partial charge in [-0.05, 0) is 24.3 Å². The molecule has 0 aliphatic carbocycles. The van der Waals surface area contributed by atoms with Gasteiger partial charge in [0.1, 0.15) is 5.69 Å². The van der Waals surface area contributed by atoms with Gasteiger partial charge in [0, 0.05) is 49.7 Å². The molecule has 1 fully saturated rings. The van der Waals surface area contributed by atoms with Crippen LogP contribution in [0.1, 0.15) is 20.8 Å². The van der Waals surface area contributed by atoms with Crippen molar-refractivity contribution in [3.05, 3.63) is 47.8 Å². The zero-order chi connectivity index (χ0) is 19.5. The van der Waals surface area contributed by atoms with E-state index in [4.69, 9.17) is 9.47 Å². The zero-order valence-electron chi connectivity index (χ0n) is 15.0. The van der Waals surface area contributed by atoms with Crippen LogP contribution in [0.4, 0.5) is 5.69 Å². The Bertz CT molecular complexity index is 924. The van der Waals surface area contributed by atoms with Gasteiger partial charge in [-0.25, -0.2) is 0 Å². The molecule has 3 amide bonds. The summed E-state index contributed by atoms with van der Waals surface area (Å²) in [6, 6.07) is 8.13. The number of hydrogen-bond donors (Lipinski definition) is 1. The van der Waals surface area contributed by atoms with Gasteiger partial charge in [-0.15, -0.1) is 0 Å². The van der Waals surface area contributed by atoms with E-state index >= 15 is 0 Å². The first-order valence-corrected chi connectivity index (χ1v) is 8.80. The second-order valence-corrected chi connectivity index (χ2v) is 6.39. The van der Waals surface area contributed by atoms with Crippen molar-refractivity contribution in [3.63, 3.8) is 0 Å². The van der Waals surface area contributed by atoms with E-state index in [-0.39, 0.29) is 18.4 Å². The van der Waals surface area contributed by atoms with Crippen molar-refractivity contribution in [1.82, 2.24) is 14.8 Å². The number of hydrogen-bond acceptors (Lipinski definition) is 6. The van der Waals surface area contributed by atoms with E-state index in [1.54, 1.807) is 34.1 Å². The molecule has 1 aromatic heterocycles. The number of amides is 3. The van der Waals surface area contributed by atoms with Gasteiger partial charge in [0.25, 0.3) is 11.8 Å². The minimum absolute atomic E-state index is 0.134. The lowest BCUT2D eigenvalue weighted by molar-refractivity contribution is -0.119. The predicted molar refractivity (Wildman–Crippen MR) is 98.3 cm³/mol. The van der Waals surface area contributed by atoms with Crippen LogP contribution in [0.25, 0.3) is 0 Å². The largest absolute Gasteiger partial charge is 0.454 e. The summed E-state index contributed by atoms with van der Waals surface area (Å²) in [5.41, 5.74) is 1.05. The quantitative estimate of drug-likeness (QED) is 0.791. The highest BCUT2D eigenvalue weighted by Crippen LogP contribution is 2.34. The number of anilines is 1. The molecular formula is C19H18N4O5. The van der Waals surface area contributed by atoms with E-state index in [2.05, 4.69) is 10.3 Å². The second-order valence-electron chi connectivity index (χ2n) is 6.39. The lowest BCUT2D eigenvalue weighted by Crippen LogP contribution is -2.48. The third-order valence-electron chi connectivity index (χ3n) is 4.62. The van der Waals surface area contributed by atoms with E-state index < -0.39 is 5.91 Å². The fourth-order valence-electron chi connectivity index (χ4n) is 3.07. The Kier molecular flexibility index (Phi) is 4.79. The number of aromatic nitrogens is 1. The van der Waals surface area contributed by atoms with Crippen molar-refractivity contribution in [3.8, 4) is 11.5 Å². The minimum atomic E-state index is -0.431. The third-order valence-corrected chi connectivity index (χ3v) is 4.62. The summed E-state index contributed by atoms with van der Waals surface area (Å²) in [6.45, 7) is 2.06. The molecule has 2 aromatic rings. The standard InChI is InChI=1S/C19H18N4O5/c24-11-22-5-7-23(8-6-22)19(26)13-3-4-20-15(9-13)18(25)21-14-1-2-16-17(10-14)28-12-27-16/h1-4,9-11H,5-8,12H2,(H,21,25). The van der Waals surface area contributed by atoms with E-state index in [1.807, 2.05) is 0 Å². The van der Waals surface area contributed by atoms with Gasteiger partial charge in [-0.1, -0.05) is 0 Å². The van der Waals surface area contributed by atoms with Crippen LogP contribution in [0.3, 0.4) is 0 Å². The molecule has 1 aromatic carbocycles. The van der Waals surface area contributed by atoms with Crippen LogP contribution in [0.15, 0.2) is 36.5 Å². The molecule has 1 N–H and O–H groups in total. The van der Waals surface area contributed by atoms with Crippen LogP contribution in [-0.2, 0) is 4.79 Å². The lowest BCUT2D eigenvalue weighted by atomic mass is 10.1. The molecule has 4 rings (SSSR count). The summed E-state index contributed by atoms with van der Waals surface area (Å²) < 4.78 is 10.5. The van der Waals surface area contributed by atoms with Gasteiger partial charge in [0.15, 0.2) is 11.5 Å². The molecule has 0 spiro atoms. The molecule has 3 heterocycles. The number of nitrogens with zero attached hydrogens (tertiary/aromatic N) is 3. The van der Waals surface area contributed by atoms with Crippen molar-refractivity contribution >= 4 is 23.9 Å². The fourth-order valence-corrected chi connectivity index (χ4v) is 3.07. The monoisotopic (exact) mass is 382 g/mol. The number of carbonyl (C=O) groups is 3. The number of nitrogens with one attached hydrogen (secondary N) is 1. The highest BCUT2D eigenvalue weighted by molar-refractivity contribution is 6.05. The summed E-state index contributed by atoms with van der Waals surface area (Å²) in [7, 11) is 0. The topological polar surface area (TPSA) is 101 Å². The molecule has 0 bridgehead atoms. The van der Waals surface area contributed by atoms with E-state index in [9.17, 15) is 14.4 Å². The molecule has 0 unspecified atom stereocenters. The summed E-state index contributed by atoms with van der Waals surface area (Å²) in [5.74, 6) is 0.562. The first-order chi connectivity index (χ1) is 13.6. The third kappa shape index (κ3) is 3.59. The van der Waals surface area contributed by atoms with Crippen LogP contribution in [0.5, 0.6) is 11.5 Å². The van der Waals surface area contributed by atoms with Crippen molar-refractivity contribution in [1.29, 1.82) is 0 Å². The maximum atomic E-state index is 12.7. The van der Waals surface area contributed by atoms with E-state index in [0.29, 0.717) is 48.9 Å². The number of carbonyl (C=O) groups excluding carboxylic acids is 3. The van der Waals surface area contributed by atoms with Gasteiger partial charge in [-0.3, -0.25) is 19.4 Å². The first kappa shape index (κ1) is 17.8. The van der Waals surface area contributed by atoms with Crippen LogP contribution in [-0.4, -0.2) is 66.0 Å². The molecule has 1 saturated heterocycles. The van der Waals surface area contributed by atoms with Gasteiger partial charge < -0.3 is 24.6 Å². The zero-order valence-corrected chi connectivity index (χ0v) is 15.0. The Balaban J connectivity index is 1.45. The molecule has 28 heavy (non-hydrogen) atoms. The van der Waals surface area contributed by atoms with Gasteiger partial charge >= 0.3 is 0 Å². The highest BCUT2D eigenvalue weighted by Gasteiger charge is 2.22. The molecule has 2 aliphatic rings. The molecule has 0 atom stereocenters. The summed E-state index contributed by atoms with van der Waals surface area (Å²) in [5, 5.41) is 2.74. The minimum Gasteiger partial charge on any atom is -0.454 e. The lowest BCUT2D eigenvalue weighted by Gasteiger charge is -2.32. The van der Waals surface area contributed by atoms with Crippen molar-refractivity contribution in [2.24, 2.45) is 0 Å². The Morgan fingerprint density at radius 2 is 1.82 bits per heavy atom. The average Bonchev–Trinajstić information content (AvgIpc) is 3.21. The number of benzene rings is 1. The van der Waals surface area contributed by atoms with E-state index in [0.717, 1.165) is 6.41 Å². The van der Waals surface area contributed by atoms with E-state index in [1.165, 1.54) is 12.3 Å². The number of pyridine rings is 1. The Morgan fingerprint density at radius 1 is 1.04 bits per heavy atom. The maximum Gasteiger partial charge on any atom is 0.274 e. The fraction of sp³-hybridized carbons (Fsp3) is 0.263. The van der Waals surface area contributed by atoms with Crippen LogP contribution >= 0.6 is 0 Å². The van der Waals surface area contributed by atoms with Gasteiger partial charge in [0.2, 0.25) is 13.2 Å².